The van der Waals surface area contributed by atoms with Crippen molar-refractivity contribution in [2.45, 2.75) is 26.3 Å². The van der Waals surface area contributed by atoms with E-state index in [4.69, 9.17) is 16.3 Å². The van der Waals surface area contributed by atoms with Crippen molar-refractivity contribution in [2.75, 3.05) is 26.8 Å². The highest BCUT2D eigenvalue weighted by Gasteiger charge is 2.14. The first-order valence-corrected chi connectivity index (χ1v) is 6.94. The van der Waals surface area contributed by atoms with Crippen LogP contribution in [0, 0.1) is 0 Å². The molecule has 0 amide bonds. The zero-order valence-corrected chi connectivity index (χ0v) is 12.6. The average Bonchev–Trinajstić information content (AvgIpc) is 2.38. The summed E-state index contributed by atoms with van der Waals surface area (Å²) in [4.78, 5) is 14.4. The highest BCUT2D eigenvalue weighted by molar-refractivity contribution is 6.33. The molecular formula is C15H22ClNO2. The van der Waals surface area contributed by atoms with Gasteiger partial charge in [-0.3, -0.25) is 9.69 Å². The van der Waals surface area contributed by atoms with Gasteiger partial charge in [-0.05, 0) is 26.0 Å². The molecule has 1 rings (SSSR count). The molecule has 0 fully saturated rings. The Bertz CT molecular complexity index is 407. The Kier molecular flexibility index (Phi) is 7.06. The van der Waals surface area contributed by atoms with Crippen molar-refractivity contribution < 1.29 is 9.53 Å². The van der Waals surface area contributed by atoms with Crippen molar-refractivity contribution in [3.8, 4) is 0 Å². The minimum Gasteiger partial charge on any atom is -0.383 e. The summed E-state index contributed by atoms with van der Waals surface area (Å²) in [6.07, 6.45) is 0.478. The third-order valence-corrected chi connectivity index (χ3v) is 3.44. The summed E-state index contributed by atoms with van der Waals surface area (Å²) in [5.74, 6) is 0.0914. The fourth-order valence-corrected chi connectivity index (χ4v) is 2.15. The summed E-state index contributed by atoms with van der Waals surface area (Å²) in [5.41, 5.74) is 0.611. The van der Waals surface area contributed by atoms with E-state index in [0.29, 0.717) is 29.7 Å². The molecule has 1 aromatic carbocycles. The van der Waals surface area contributed by atoms with Crippen LogP contribution in [0.2, 0.25) is 5.02 Å². The Balaban J connectivity index is 2.54. The van der Waals surface area contributed by atoms with Gasteiger partial charge in [-0.1, -0.05) is 23.7 Å². The first kappa shape index (κ1) is 16.2. The van der Waals surface area contributed by atoms with Crippen molar-refractivity contribution in [1.29, 1.82) is 0 Å². The molecule has 0 unspecified atom stereocenters. The van der Waals surface area contributed by atoms with Gasteiger partial charge in [-0.2, -0.15) is 0 Å². The number of methoxy groups -OCH3 is 1. The zero-order chi connectivity index (χ0) is 14.3. The van der Waals surface area contributed by atoms with Gasteiger partial charge in [0, 0.05) is 38.2 Å². The molecule has 1 aromatic rings. The third kappa shape index (κ3) is 5.31. The van der Waals surface area contributed by atoms with Gasteiger partial charge in [0.05, 0.1) is 11.6 Å². The number of rotatable bonds is 8. The predicted molar refractivity (Wildman–Crippen MR) is 79.0 cm³/mol. The van der Waals surface area contributed by atoms with Crippen LogP contribution in [0.3, 0.4) is 0 Å². The number of carbonyl (C=O) groups excluding carboxylic acids is 1. The van der Waals surface area contributed by atoms with Crippen molar-refractivity contribution >= 4 is 17.4 Å². The normalized spacial score (nSPS) is 11.3. The maximum Gasteiger partial charge on any atom is 0.165 e. The summed E-state index contributed by atoms with van der Waals surface area (Å²) in [6, 6.07) is 7.59. The van der Waals surface area contributed by atoms with Crippen LogP contribution in [0.15, 0.2) is 24.3 Å². The molecule has 0 aliphatic carbocycles. The van der Waals surface area contributed by atoms with Crippen molar-refractivity contribution in [2.24, 2.45) is 0 Å². The van der Waals surface area contributed by atoms with Crippen LogP contribution in [0.25, 0.3) is 0 Å². The maximum absolute atomic E-state index is 12.1. The SMILES string of the molecule is COCCN(CCC(=O)c1ccccc1Cl)C(C)C. The van der Waals surface area contributed by atoms with Gasteiger partial charge in [0.15, 0.2) is 5.78 Å². The Morgan fingerprint density at radius 3 is 2.58 bits per heavy atom. The van der Waals surface area contributed by atoms with Crippen molar-refractivity contribution in [3.63, 3.8) is 0 Å². The van der Waals surface area contributed by atoms with Crippen LogP contribution in [0.1, 0.15) is 30.6 Å². The fourth-order valence-electron chi connectivity index (χ4n) is 1.90. The van der Waals surface area contributed by atoms with Gasteiger partial charge < -0.3 is 4.74 Å². The van der Waals surface area contributed by atoms with Crippen LogP contribution in [-0.2, 0) is 4.74 Å². The number of halogens is 1. The minimum atomic E-state index is 0.0914. The Morgan fingerprint density at radius 2 is 2.00 bits per heavy atom. The lowest BCUT2D eigenvalue weighted by atomic mass is 10.1. The molecule has 0 bridgehead atoms. The molecule has 106 valence electrons. The van der Waals surface area contributed by atoms with Gasteiger partial charge >= 0.3 is 0 Å². The summed E-state index contributed by atoms with van der Waals surface area (Å²) < 4.78 is 5.09. The monoisotopic (exact) mass is 283 g/mol. The number of ether oxygens (including phenoxy) is 1. The molecule has 0 radical (unpaired) electrons. The smallest absolute Gasteiger partial charge is 0.165 e. The maximum atomic E-state index is 12.1. The Morgan fingerprint density at radius 1 is 1.32 bits per heavy atom. The molecule has 0 saturated carbocycles. The summed E-state index contributed by atoms with van der Waals surface area (Å²) in [6.45, 7) is 6.48. The van der Waals surface area contributed by atoms with Crippen molar-refractivity contribution in [3.05, 3.63) is 34.9 Å². The number of nitrogens with zero attached hydrogens (tertiary/aromatic N) is 1. The van der Waals surface area contributed by atoms with Gasteiger partial charge in [0.25, 0.3) is 0 Å². The van der Waals surface area contributed by atoms with E-state index >= 15 is 0 Å². The lowest BCUT2D eigenvalue weighted by Crippen LogP contribution is -2.35. The first-order valence-electron chi connectivity index (χ1n) is 6.57. The summed E-state index contributed by atoms with van der Waals surface area (Å²) in [5, 5.41) is 0.528. The number of benzene rings is 1. The van der Waals surface area contributed by atoms with Crippen LogP contribution in [0.5, 0.6) is 0 Å². The number of hydrogen-bond acceptors (Lipinski definition) is 3. The number of Topliss-reactive ketones (excluding diaryl/α,β-unsaturated/α-hetero) is 1. The Labute approximate surface area is 120 Å². The van der Waals surface area contributed by atoms with Crippen LogP contribution in [-0.4, -0.2) is 43.5 Å². The summed E-state index contributed by atoms with van der Waals surface area (Å²) >= 11 is 6.03. The van der Waals surface area contributed by atoms with E-state index in [1.807, 2.05) is 12.1 Å². The van der Waals surface area contributed by atoms with E-state index in [1.165, 1.54) is 0 Å². The lowest BCUT2D eigenvalue weighted by molar-refractivity contribution is 0.0927. The number of carbonyl (C=O) groups is 1. The number of hydrogen-bond donors (Lipinski definition) is 0. The molecule has 0 heterocycles. The highest BCUT2D eigenvalue weighted by atomic mass is 35.5. The molecule has 4 heteroatoms. The average molecular weight is 284 g/mol. The second-order valence-corrected chi connectivity index (χ2v) is 5.18. The van der Waals surface area contributed by atoms with E-state index in [1.54, 1.807) is 19.2 Å². The molecule has 0 aromatic heterocycles. The van der Waals surface area contributed by atoms with E-state index in [2.05, 4.69) is 18.7 Å². The largest absolute Gasteiger partial charge is 0.383 e. The molecule has 19 heavy (non-hydrogen) atoms. The Hall–Kier alpha value is -0.900. The quantitative estimate of drug-likeness (QED) is 0.686. The molecular weight excluding hydrogens is 262 g/mol. The minimum absolute atomic E-state index is 0.0914. The van der Waals surface area contributed by atoms with E-state index in [9.17, 15) is 4.79 Å². The molecule has 0 N–H and O–H groups in total. The van der Waals surface area contributed by atoms with Crippen molar-refractivity contribution in [1.82, 2.24) is 4.90 Å². The van der Waals surface area contributed by atoms with Crippen LogP contribution in [0.4, 0.5) is 0 Å². The molecule has 0 atom stereocenters. The molecule has 0 aliphatic heterocycles. The highest BCUT2D eigenvalue weighted by Crippen LogP contribution is 2.17. The second-order valence-electron chi connectivity index (χ2n) is 4.78. The van der Waals surface area contributed by atoms with E-state index in [-0.39, 0.29) is 5.78 Å². The fraction of sp³-hybridized carbons (Fsp3) is 0.533. The van der Waals surface area contributed by atoms with Gasteiger partial charge in [0.1, 0.15) is 0 Å². The predicted octanol–water partition coefficient (Wildman–Crippen LogP) is 3.27. The molecule has 3 nitrogen and oxygen atoms in total. The van der Waals surface area contributed by atoms with Gasteiger partial charge in [-0.15, -0.1) is 0 Å². The molecule has 0 saturated heterocycles. The summed E-state index contributed by atoms with van der Waals surface area (Å²) in [7, 11) is 1.69. The second kappa shape index (κ2) is 8.31. The molecule has 0 aliphatic rings. The zero-order valence-electron chi connectivity index (χ0n) is 11.9. The lowest BCUT2D eigenvalue weighted by Gasteiger charge is -2.25. The standard InChI is InChI=1S/C15H22ClNO2/c1-12(2)17(10-11-19-3)9-8-15(18)13-6-4-5-7-14(13)16/h4-7,12H,8-11H2,1-3H3. The van der Waals surface area contributed by atoms with E-state index < -0.39 is 0 Å². The topological polar surface area (TPSA) is 29.5 Å². The first-order chi connectivity index (χ1) is 9.06. The molecule has 0 spiro atoms. The third-order valence-electron chi connectivity index (χ3n) is 3.11. The number of ketones is 1. The van der Waals surface area contributed by atoms with Gasteiger partial charge in [-0.25, -0.2) is 0 Å². The van der Waals surface area contributed by atoms with Gasteiger partial charge in [0.2, 0.25) is 0 Å². The van der Waals surface area contributed by atoms with E-state index in [0.717, 1.165) is 13.1 Å². The van der Waals surface area contributed by atoms with Crippen LogP contribution < -0.4 is 0 Å². The van der Waals surface area contributed by atoms with Crippen LogP contribution >= 0.6 is 11.6 Å².